The molecule has 4 saturated heterocycles. The molecular weight excluding hydrogens is 618 g/mol. The van der Waals surface area contributed by atoms with E-state index >= 15 is 0 Å². The van der Waals surface area contributed by atoms with E-state index < -0.39 is 142 Å². The second-order valence-corrected chi connectivity index (χ2v) is 11.4. The summed E-state index contributed by atoms with van der Waals surface area (Å²) in [7, 11) is 0. The summed E-state index contributed by atoms with van der Waals surface area (Å²) in [6.07, 6.45) is -30.0. The smallest absolute Gasteiger partial charge is 0.217 e. The van der Waals surface area contributed by atoms with Gasteiger partial charge in [0.15, 0.2) is 25.2 Å². The summed E-state index contributed by atoms with van der Waals surface area (Å²) in [6, 6.07) is -1.53. The first-order chi connectivity index (χ1) is 21.2. The van der Waals surface area contributed by atoms with Crippen molar-refractivity contribution in [3.8, 4) is 0 Å². The molecule has 19 atom stereocenters. The zero-order valence-corrected chi connectivity index (χ0v) is 24.3. The second-order valence-electron chi connectivity index (χ2n) is 11.4. The van der Waals surface area contributed by atoms with Crippen molar-refractivity contribution in [3.63, 3.8) is 0 Å². The van der Waals surface area contributed by atoms with Crippen molar-refractivity contribution < 1.29 is 94.1 Å². The molecule has 0 aromatic carbocycles. The molecule has 262 valence electrons. The van der Waals surface area contributed by atoms with Crippen molar-refractivity contribution >= 4 is 5.91 Å². The fourth-order valence-electron chi connectivity index (χ4n) is 5.58. The summed E-state index contributed by atoms with van der Waals surface area (Å²) in [5, 5.41) is 116. The summed E-state index contributed by atoms with van der Waals surface area (Å²) in [5.74, 6) is -0.703. The number of hydrogen-bond donors (Lipinski definition) is 12. The number of hydrogen-bond acceptors (Lipinski definition) is 19. The number of amides is 1. The Hall–Kier alpha value is -1.25. The lowest BCUT2D eigenvalue weighted by atomic mass is 9.94. The standard InChI is InChI=1S/C25H43NO19/c1-6-12(31)15(34)18(37)24(40-6)45-21-16(35)14(33)9(3-27)42-25(21)44-20-11(26-7(2)29)22(38)41-10(4-28)19(20)43-23-17(36)13(32)8(30)5-39-23/h6,8-25,27-28,30-38H,3-5H2,1-2H3,(H,26,29)/t6-,8+,9+,10+,11+,12+,13+,14-,15+,16-,17-,18-,19+,20+,21+,22?,23-,24-,25-/m0/s1. The number of nitrogens with one attached hydrogen (secondary N) is 1. The van der Waals surface area contributed by atoms with Gasteiger partial charge in [-0.25, -0.2) is 0 Å². The number of aliphatic hydroxyl groups is 11. The van der Waals surface area contributed by atoms with Crippen molar-refractivity contribution in [2.24, 2.45) is 0 Å². The van der Waals surface area contributed by atoms with Crippen molar-refractivity contribution in [1.29, 1.82) is 0 Å². The minimum Gasteiger partial charge on any atom is -0.394 e. The minimum absolute atomic E-state index is 0.476. The third kappa shape index (κ3) is 7.74. The average molecular weight is 662 g/mol. The maximum atomic E-state index is 12.1. The number of carbonyl (C=O) groups is 1. The molecule has 4 aliphatic rings. The highest BCUT2D eigenvalue weighted by atomic mass is 16.8. The summed E-state index contributed by atoms with van der Waals surface area (Å²) >= 11 is 0. The van der Waals surface area contributed by atoms with Gasteiger partial charge >= 0.3 is 0 Å². The Kier molecular flexibility index (Phi) is 12.5. The van der Waals surface area contributed by atoms with Gasteiger partial charge in [0.1, 0.15) is 85.4 Å². The van der Waals surface area contributed by atoms with E-state index in [9.17, 15) is 61.0 Å². The maximum Gasteiger partial charge on any atom is 0.217 e. The van der Waals surface area contributed by atoms with Gasteiger partial charge < -0.3 is 94.6 Å². The summed E-state index contributed by atoms with van der Waals surface area (Å²) in [4.78, 5) is 12.1. The van der Waals surface area contributed by atoms with E-state index in [-0.39, 0.29) is 0 Å². The van der Waals surface area contributed by atoms with E-state index in [4.69, 9.17) is 33.2 Å². The molecule has 45 heavy (non-hydrogen) atoms. The van der Waals surface area contributed by atoms with Gasteiger partial charge in [-0.3, -0.25) is 4.79 Å². The topological polar surface area (TPSA) is 316 Å². The third-order valence-corrected chi connectivity index (χ3v) is 8.18. The zero-order chi connectivity index (χ0) is 33.3. The molecule has 0 spiro atoms. The summed E-state index contributed by atoms with van der Waals surface area (Å²) < 4.78 is 39.4. The van der Waals surface area contributed by atoms with E-state index in [1.807, 2.05) is 0 Å². The molecule has 4 aliphatic heterocycles. The number of rotatable bonds is 9. The van der Waals surface area contributed by atoms with Crippen LogP contribution in [0.25, 0.3) is 0 Å². The van der Waals surface area contributed by atoms with Crippen molar-refractivity contribution in [3.05, 3.63) is 0 Å². The molecule has 0 bridgehead atoms. The van der Waals surface area contributed by atoms with Crippen molar-refractivity contribution in [1.82, 2.24) is 5.32 Å². The predicted octanol–water partition coefficient (Wildman–Crippen LogP) is -7.94. The van der Waals surface area contributed by atoms with Crippen LogP contribution in [0.15, 0.2) is 0 Å². The predicted molar refractivity (Wildman–Crippen MR) is 138 cm³/mol. The second kappa shape index (κ2) is 15.3. The molecule has 0 radical (unpaired) electrons. The maximum absolute atomic E-state index is 12.1. The number of aliphatic hydroxyl groups excluding tert-OH is 11. The van der Waals surface area contributed by atoms with Gasteiger partial charge in [0, 0.05) is 6.92 Å². The SMILES string of the molecule is CC(=O)N[C@H]1C(O)O[C@H](CO)[C@@H](O[C@@H]2OC[C@@H](O)[C@@H](O)[C@@H]2O)[C@@H]1O[C@@H]1O[C@H](CO)[C@H](O)[C@H](O)[C@H]1O[C@@H]1O[C@@H](C)[C@@H](O)[C@@H](O)[C@@H]1O. The lowest BCUT2D eigenvalue weighted by Gasteiger charge is -2.50. The molecule has 0 aromatic heterocycles. The van der Waals surface area contributed by atoms with Crippen LogP contribution in [0.4, 0.5) is 0 Å². The number of ether oxygens (including phenoxy) is 7. The molecule has 0 aromatic rings. The Morgan fingerprint density at radius 2 is 1.27 bits per heavy atom. The van der Waals surface area contributed by atoms with Crippen molar-refractivity contribution in [2.45, 2.75) is 131 Å². The first kappa shape index (κ1) is 36.6. The van der Waals surface area contributed by atoms with E-state index in [0.29, 0.717) is 0 Å². The molecule has 4 heterocycles. The summed E-state index contributed by atoms with van der Waals surface area (Å²) in [5.41, 5.74) is 0. The van der Waals surface area contributed by atoms with Crippen LogP contribution in [0.5, 0.6) is 0 Å². The van der Waals surface area contributed by atoms with Crippen LogP contribution < -0.4 is 5.32 Å². The Balaban J connectivity index is 1.68. The molecule has 0 saturated carbocycles. The van der Waals surface area contributed by atoms with E-state index in [0.717, 1.165) is 6.92 Å². The molecule has 1 amide bonds. The van der Waals surface area contributed by atoms with Crippen LogP contribution in [-0.2, 0) is 38.0 Å². The van der Waals surface area contributed by atoms with Crippen LogP contribution in [0.3, 0.4) is 0 Å². The average Bonchev–Trinajstić information content (AvgIpc) is 3.00. The molecule has 0 aliphatic carbocycles. The van der Waals surface area contributed by atoms with Crippen LogP contribution in [-0.4, -0.2) is 199 Å². The molecule has 20 nitrogen and oxygen atoms in total. The van der Waals surface area contributed by atoms with E-state index in [1.165, 1.54) is 6.92 Å². The van der Waals surface area contributed by atoms with Crippen LogP contribution in [0.2, 0.25) is 0 Å². The normalized spacial score (nSPS) is 51.1. The van der Waals surface area contributed by atoms with Crippen molar-refractivity contribution in [2.75, 3.05) is 19.8 Å². The molecular formula is C25H43NO19. The molecule has 1 unspecified atom stereocenters. The highest BCUT2D eigenvalue weighted by Gasteiger charge is 2.55. The number of carbonyl (C=O) groups excluding carboxylic acids is 1. The van der Waals surface area contributed by atoms with Crippen LogP contribution in [0.1, 0.15) is 13.8 Å². The fraction of sp³-hybridized carbons (Fsp3) is 0.960. The first-order valence-electron chi connectivity index (χ1n) is 14.4. The Morgan fingerprint density at radius 1 is 0.667 bits per heavy atom. The van der Waals surface area contributed by atoms with Gasteiger partial charge in [-0.15, -0.1) is 0 Å². The van der Waals surface area contributed by atoms with Gasteiger partial charge in [0.25, 0.3) is 0 Å². The van der Waals surface area contributed by atoms with Gasteiger partial charge in [-0.2, -0.15) is 0 Å². The first-order valence-corrected chi connectivity index (χ1v) is 14.4. The fourth-order valence-corrected chi connectivity index (χ4v) is 5.58. The van der Waals surface area contributed by atoms with Crippen LogP contribution >= 0.6 is 0 Å². The lowest BCUT2D eigenvalue weighted by molar-refractivity contribution is -0.388. The lowest BCUT2D eigenvalue weighted by Crippen LogP contribution is -2.70. The van der Waals surface area contributed by atoms with Gasteiger partial charge in [-0.1, -0.05) is 0 Å². The largest absolute Gasteiger partial charge is 0.394 e. The Labute approximate surface area is 256 Å². The zero-order valence-electron chi connectivity index (χ0n) is 24.3. The Morgan fingerprint density at radius 3 is 1.89 bits per heavy atom. The highest BCUT2D eigenvalue weighted by Crippen LogP contribution is 2.34. The van der Waals surface area contributed by atoms with Crippen LogP contribution in [0, 0.1) is 0 Å². The van der Waals surface area contributed by atoms with Gasteiger partial charge in [0.2, 0.25) is 5.91 Å². The minimum atomic E-state index is -1.92. The monoisotopic (exact) mass is 661 g/mol. The highest BCUT2D eigenvalue weighted by molar-refractivity contribution is 5.73. The Bertz CT molecular complexity index is 965. The van der Waals surface area contributed by atoms with Gasteiger partial charge in [-0.05, 0) is 6.92 Å². The van der Waals surface area contributed by atoms with E-state index in [1.54, 1.807) is 0 Å². The quantitative estimate of drug-likeness (QED) is 0.109. The summed E-state index contributed by atoms with van der Waals surface area (Å²) in [6.45, 7) is 0.301. The third-order valence-electron chi connectivity index (χ3n) is 8.18. The molecule has 20 heteroatoms. The molecule has 12 N–H and O–H groups in total. The molecule has 4 rings (SSSR count). The van der Waals surface area contributed by atoms with E-state index in [2.05, 4.69) is 5.32 Å². The molecule has 4 fully saturated rings. The van der Waals surface area contributed by atoms with Gasteiger partial charge in [0.05, 0.1) is 25.9 Å².